The molecule has 4 unspecified atom stereocenters. The van der Waals surface area contributed by atoms with Gasteiger partial charge < -0.3 is 10.4 Å². The zero-order chi connectivity index (χ0) is 16.6. The minimum atomic E-state index is -0.869. The molecule has 0 aromatic carbocycles. The average molecular weight is 317 g/mol. The van der Waals surface area contributed by atoms with E-state index >= 15 is 0 Å². The molecule has 4 heteroatoms. The van der Waals surface area contributed by atoms with Crippen LogP contribution in [0.4, 0.5) is 0 Å². The van der Waals surface area contributed by atoms with Gasteiger partial charge in [0.25, 0.3) is 0 Å². The van der Waals surface area contributed by atoms with Crippen molar-refractivity contribution in [2.24, 2.45) is 28.6 Å². The summed E-state index contributed by atoms with van der Waals surface area (Å²) in [6.45, 7) is 6.19. The molecule has 0 spiro atoms. The Morgan fingerprint density at radius 3 is 2.65 bits per heavy atom. The van der Waals surface area contributed by atoms with E-state index in [1.54, 1.807) is 0 Å². The topological polar surface area (TPSA) is 66.4 Å². The Morgan fingerprint density at radius 2 is 1.91 bits per heavy atom. The number of amides is 1. The Kier molecular flexibility index (Phi) is 2.99. The highest BCUT2D eigenvalue weighted by Crippen LogP contribution is 2.65. The average Bonchev–Trinajstić information content (AvgIpc) is 2.73. The van der Waals surface area contributed by atoms with E-state index in [0.29, 0.717) is 36.9 Å². The molecule has 23 heavy (non-hydrogen) atoms. The first-order valence-electron chi connectivity index (χ1n) is 8.95. The van der Waals surface area contributed by atoms with Crippen molar-refractivity contribution in [3.05, 3.63) is 11.8 Å². The quantitative estimate of drug-likeness (QED) is 0.721. The summed E-state index contributed by atoms with van der Waals surface area (Å²) >= 11 is 0. The molecular formula is C19H27NO3. The summed E-state index contributed by atoms with van der Waals surface area (Å²) < 4.78 is 0. The first-order valence-corrected chi connectivity index (χ1v) is 8.95. The molecule has 2 saturated carbocycles. The van der Waals surface area contributed by atoms with Gasteiger partial charge in [0.05, 0.1) is 5.60 Å². The van der Waals surface area contributed by atoms with Gasteiger partial charge in [-0.25, -0.2) is 0 Å². The normalized spacial score (nSPS) is 52.2. The molecule has 4 aliphatic rings. The molecule has 126 valence electrons. The van der Waals surface area contributed by atoms with Crippen LogP contribution in [0.25, 0.3) is 0 Å². The van der Waals surface area contributed by atoms with Gasteiger partial charge in [-0.05, 0) is 44.4 Å². The summed E-state index contributed by atoms with van der Waals surface area (Å²) in [5.41, 5.74) is -0.424. The van der Waals surface area contributed by atoms with E-state index in [9.17, 15) is 14.7 Å². The summed E-state index contributed by atoms with van der Waals surface area (Å²) in [5, 5.41) is 14.4. The Balaban J connectivity index is 1.81. The number of fused-ring (bicyclic) bond motifs is 5. The van der Waals surface area contributed by atoms with Crippen molar-refractivity contribution in [2.75, 3.05) is 0 Å². The third-order valence-corrected chi connectivity index (χ3v) is 7.52. The monoisotopic (exact) mass is 317 g/mol. The van der Waals surface area contributed by atoms with Crippen LogP contribution in [-0.4, -0.2) is 22.4 Å². The van der Waals surface area contributed by atoms with Gasteiger partial charge in [0.2, 0.25) is 5.91 Å². The molecule has 3 fully saturated rings. The number of carbonyl (C=O) groups excluding carboxylic acids is 2. The highest BCUT2D eigenvalue weighted by molar-refractivity contribution is 5.87. The van der Waals surface area contributed by atoms with Gasteiger partial charge in [0, 0.05) is 35.3 Å². The molecule has 4 nitrogen and oxygen atoms in total. The lowest BCUT2D eigenvalue weighted by Gasteiger charge is -2.61. The lowest BCUT2D eigenvalue weighted by molar-refractivity contribution is -0.176. The van der Waals surface area contributed by atoms with Crippen LogP contribution in [0.15, 0.2) is 11.8 Å². The number of hydrogen-bond acceptors (Lipinski definition) is 3. The van der Waals surface area contributed by atoms with Gasteiger partial charge >= 0.3 is 0 Å². The minimum Gasteiger partial charge on any atom is -0.390 e. The second-order valence-electron chi connectivity index (χ2n) is 8.98. The van der Waals surface area contributed by atoms with Crippen LogP contribution in [-0.2, 0) is 9.59 Å². The van der Waals surface area contributed by atoms with Crippen LogP contribution >= 0.6 is 0 Å². The highest BCUT2D eigenvalue weighted by atomic mass is 16.3. The SMILES string of the molecule is CC1(O)C[C@]2(C)C(=O)CCC2C2CC=C3NC(=O)CC[C@]3(C)C21. The lowest BCUT2D eigenvalue weighted by Crippen LogP contribution is -2.62. The van der Waals surface area contributed by atoms with Gasteiger partial charge in [-0.3, -0.25) is 9.59 Å². The van der Waals surface area contributed by atoms with E-state index in [2.05, 4.69) is 25.2 Å². The molecule has 4 rings (SSSR count). The molecule has 2 N–H and O–H groups in total. The van der Waals surface area contributed by atoms with Crippen LogP contribution in [0.3, 0.4) is 0 Å². The maximum absolute atomic E-state index is 12.5. The Labute approximate surface area is 137 Å². The van der Waals surface area contributed by atoms with Crippen LogP contribution < -0.4 is 5.32 Å². The number of hydrogen-bond donors (Lipinski definition) is 2. The van der Waals surface area contributed by atoms with E-state index in [4.69, 9.17) is 0 Å². The number of rotatable bonds is 0. The van der Waals surface area contributed by atoms with Gasteiger partial charge in [-0.1, -0.05) is 19.9 Å². The van der Waals surface area contributed by atoms with Gasteiger partial charge in [-0.15, -0.1) is 0 Å². The highest BCUT2D eigenvalue weighted by Gasteiger charge is 2.65. The predicted octanol–water partition coefficient (Wildman–Crippen LogP) is 2.56. The fraction of sp³-hybridized carbons (Fsp3) is 0.789. The van der Waals surface area contributed by atoms with Crippen molar-refractivity contribution >= 4 is 11.7 Å². The number of aliphatic hydroxyl groups is 1. The Bertz CT molecular complexity index is 622. The Morgan fingerprint density at radius 1 is 1.17 bits per heavy atom. The van der Waals surface area contributed by atoms with E-state index in [1.807, 2.05) is 6.92 Å². The summed E-state index contributed by atoms with van der Waals surface area (Å²) in [6.07, 6.45) is 6.51. The minimum absolute atomic E-state index is 0.0866. The first kappa shape index (κ1) is 15.4. The Hall–Kier alpha value is -1.16. The van der Waals surface area contributed by atoms with Crippen LogP contribution in [0.5, 0.6) is 0 Å². The molecule has 1 heterocycles. The molecule has 3 aliphatic carbocycles. The van der Waals surface area contributed by atoms with Crippen molar-refractivity contribution < 1.29 is 14.7 Å². The molecule has 1 saturated heterocycles. The van der Waals surface area contributed by atoms with Crippen molar-refractivity contribution in [1.82, 2.24) is 5.32 Å². The number of nitrogens with one attached hydrogen (secondary N) is 1. The van der Waals surface area contributed by atoms with E-state index < -0.39 is 5.60 Å². The maximum atomic E-state index is 12.5. The van der Waals surface area contributed by atoms with Crippen LogP contribution in [0.2, 0.25) is 0 Å². The molecule has 0 aromatic rings. The number of allylic oxidation sites excluding steroid dienone is 2. The van der Waals surface area contributed by atoms with Crippen molar-refractivity contribution in [1.29, 1.82) is 0 Å². The molecule has 1 aliphatic heterocycles. The van der Waals surface area contributed by atoms with E-state index in [0.717, 1.165) is 25.0 Å². The summed E-state index contributed by atoms with van der Waals surface area (Å²) in [7, 11) is 0. The summed E-state index contributed by atoms with van der Waals surface area (Å²) in [5.74, 6) is 1.23. The van der Waals surface area contributed by atoms with Crippen molar-refractivity contribution in [3.8, 4) is 0 Å². The molecule has 0 aromatic heterocycles. The number of piperidine rings is 1. The predicted molar refractivity (Wildman–Crippen MR) is 86.2 cm³/mol. The molecule has 0 radical (unpaired) electrons. The van der Waals surface area contributed by atoms with Crippen molar-refractivity contribution in [2.45, 2.75) is 64.9 Å². The van der Waals surface area contributed by atoms with Crippen molar-refractivity contribution in [3.63, 3.8) is 0 Å². The smallest absolute Gasteiger partial charge is 0.224 e. The van der Waals surface area contributed by atoms with Gasteiger partial charge in [-0.2, -0.15) is 0 Å². The second-order valence-corrected chi connectivity index (χ2v) is 8.98. The fourth-order valence-corrected chi connectivity index (χ4v) is 6.74. The van der Waals surface area contributed by atoms with E-state index in [-0.39, 0.29) is 22.7 Å². The van der Waals surface area contributed by atoms with Gasteiger partial charge in [0.1, 0.15) is 5.78 Å². The number of carbonyl (C=O) groups is 2. The largest absolute Gasteiger partial charge is 0.390 e. The van der Waals surface area contributed by atoms with E-state index in [1.165, 1.54) is 0 Å². The maximum Gasteiger partial charge on any atom is 0.224 e. The second kappa shape index (κ2) is 4.47. The number of Topliss-reactive ketones (excluding diaryl/α,β-unsaturated/α-hetero) is 1. The zero-order valence-corrected chi connectivity index (χ0v) is 14.3. The first-order chi connectivity index (χ1) is 10.7. The third-order valence-electron chi connectivity index (χ3n) is 7.52. The standard InChI is InChI=1S/C19H27NO3/c1-17-9-8-15(22)20-13(17)6-4-11-12-5-7-14(21)18(12,2)10-19(3,23)16(11)17/h6,11-12,16,23H,4-5,7-10H2,1-3H3,(H,20,22)/t11?,12?,16?,17-,18-,19?/m0/s1. The zero-order valence-electron chi connectivity index (χ0n) is 14.3. The molecule has 1 amide bonds. The lowest BCUT2D eigenvalue weighted by atomic mass is 9.45. The van der Waals surface area contributed by atoms with Crippen LogP contribution in [0, 0.1) is 28.6 Å². The third kappa shape index (κ3) is 1.87. The molecule has 6 atom stereocenters. The fourth-order valence-electron chi connectivity index (χ4n) is 6.74. The number of ketones is 1. The molecule has 0 bridgehead atoms. The van der Waals surface area contributed by atoms with Gasteiger partial charge in [0.15, 0.2) is 0 Å². The van der Waals surface area contributed by atoms with Crippen LogP contribution in [0.1, 0.15) is 59.3 Å². The summed E-state index contributed by atoms with van der Waals surface area (Å²) in [6, 6.07) is 0. The molecular weight excluding hydrogens is 290 g/mol. The summed E-state index contributed by atoms with van der Waals surface area (Å²) in [4.78, 5) is 24.3.